The maximum Gasteiger partial charge on any atom is 0.413 e. The van der Waals surface area contributed by atoms with Crippen molar-refractivity contribution in [3.05, 3.63) is 33.9 Å². The highest BCUT2D eigenvalue weighted by Gasteiger charge is 2.29. The number of nitrogens with zero attached hydrogens (tertiary/aromatic N) is 1. The van der Waals surface area contributed by atoms with Gasteiger partial charge < -0.3 is 0 Å². The van der Waals surface area contributed by atoms with E-state index >= 15 is 0 Å². The zero-order chi connectivity index (χ0) is 15.6. The van der Waals surface area contributed by atoms with E-state index in [4.69, 9.17) is 0 Å². The van der Waals surface area contributed by atoms with Crippen LogP contribution in [0.25, 0.3) is 0 Å². The van der Waals surface area contributed by atoms with Crippen LogP contribution in [-0.2, 0) is 14.9 Å². The first-order chi connectivity index (χ1) is 9.03. The molecule has 7 nitrogen and oxygen atoms in total. The zero-order valence-electron chi connectivity index (χ0n) is 9.97. The lowest BCUT2D eigenvalue weighted by molar-refractivity contribution is -0.385. The summed E-state index contributed by atoms with van der Waals surface area (Å²) in [4.78, 5) is 14.3. The van der Waals surface area contributed by atoms with Gasteiger partial charge in [0, 0.05) is 11.6 Å². The average Bonchev–Trinajstić information content (AvgIpc) is 2.26. The lowest BCUT2D eigenvalue weighted by Crippen LogP contribution is -2.29. The molecule has 1 aromatic carbocycles. The van der Waals surface area contributed by atoms with Gasteiger partial charge >= 0.3 is 6.18 Å². The summed E-state index contributed by atoms with van der Waals surface area (Å²) < 4.78 is 58.6. The number of rotatable bonds is 5. The predicted molar refractivity (Wildman–Crippen MR) is 60.2 cm³/mol. The molecule has 0 bridgehead atoms. The van der Waals surface area contributed by atoms with Crippen LogP contribution in [0.3, 0.4) is 0 Å². The van der Waals surface area contributed by atoms with Crippen LogP contribution in [-0.4, -0.2) is 26.1 Å². The molecule has 0 atom stereocenters. The van der Waals surface area contributed by atoms with Gasteiger partial charge in [-0.3, -0.25) is 15.0 Å². The van der Waals surface area contributed by atoms with Gasteiger partial charge in [0.05, 0.1) is 9.82 Å². The van der Waals surface area contributed by atoms with Crippen LogP contribution in [0.4, 0.5) is 18.9 Å². The summed E-state index contributed by atoms with van der Waals surface area (Å²) >= 11 is 0. The van der Waals surface area contributed by atoms with Crippen molar-refractivity contribution in [2.24, 2.45) is 0 Å². The molecule has 0 aliphatic carbocycles. The third-order valence-electron chi connectivity index (χ3n) is 2.09. The molecule has 0 radical (unpaired) electrons. The predicted octanol–water partition coefficient (Wildman–Crippen LogP) is 1.68. The van der Waals surface area contributed by atoms with Gasteiger partial charge in [0.15, 0.2) is 6.61 Å². The van der Waals surface area contributed by atoms with Gasteiger partial charge in [0.1, 0.15) is 0 Å². The van der Waals surface area contributed by atoms with E-state index in [1.165, 1.54) is 11.8 Å². The van der Waals surface area contributed by atoms with Crippen molar-refractivity contribution >= 4 is 15.7 Å². The highest BCUT2D eigenvalue weighted by atomic mass is 32.2. The van der Waals surface area contributed by atoms with Crippen molar-refractivity contribution in [1.29, 1.82) is 0 Å². The highest BCUT2D eigenvalue weighted by Crippen LogP contribution is 2.22. The minimum absolute atomic E-state index is 0.213. The average molecular weight is 314 g/mol. The third kappa shape index (κ3) is 4.43. The van der Waals surface area contributed by atoms with Gasteiger partial charge in [-0.15, -0.1) is 0 Å². The molecule has 0 heterocycles. The second kappa shape index (κ2) is 5.73. The summed E-state index contributed by atoms with van der Waals surface area (Å²) in [5.41, 5.74) is -0.256. The summed E-state index contributed by atoms with van der Waals surface area (Å²) in [6.07, 6.45) is -4.71. The summed E-state index contributed by atoms with van der Waals surface area (Å²) in [6.45, 7) is -0.428. The minimum atomic E-state index is -4.71. The Balaban J connectivity index is 2.93. The topological polar surface area (TPSA) is 98.5 Å². The molecular weight excluding hydrogens is 305 g/mol. The van der Waals surface area contributed by atoms with Crippen molar-refractivity contribution in [2.75, 3.05) is 6.61 Å². The molecule has 0 aromatic heterocycles. The Labute approximate surface area is 111 Å². The number of nitrogens with one attached hydrogen (secondary N) is 1. The number of halogens is 3. The zero-order valence-corrected chi connectivity index (χ0v) is 10.8. The van der Waals surface area contributed by atoms with E-state index in [0.717, 1.165) is 18.2 Å². The monoisotopic (exact) mass is 314 g/mol. The van der Waals surface area contributed by atoms with Crippen LogP contribution >= 0.6 is 0 Å². The molecule has 0 spiro atoms. The molecule has 112 valence electrons. The summed E-state index contributed by atoms with van der Waals surface area (Å²) in [6, 6.07) is 2.91. The maximum atomic E-state index is 11.8. The first kappa shape index (κ1) is 16.3. The Kier molecular flexibility index (Phi) is 4.68. The second-order valence-electron chi connectivity index (χ2n) is 3.70. The molecule has 0 aliphatic heterocycles. The Morgan fingerprint density at radius 2 is 2.00 bits per heavy atom. The Morgan fingerprint density at radius 3 is 2.50 bits per heavy atom. The van der Waals surface area contributed by atoms with Gasteiger partial charge in [-0.25, -0.2) is 8.42 Å². The molecule has 0 saturated carbocycles. The number of alkyl halides is 3. The van der Waals surface area contributed by atoms with Crippen molar-refractivity contribution in [1.82, 2.24) is 4.89 Å². The van der Waals surface area contributed by atoms with Crippen LogP contribution in [0, 0.1) is 17.0 Å². The fraction of sp³-hybridized carbons (Fsp3) is 0.333. The van der Waals surface area contributed by atoms with Gasteiger partial charge in [-0.2, -0.15) is 13.2 Å². The molecule has 1 aromatic rings. The molecule has 0 saturated heterocycles. The number of sulfonamides is 1. The summed E-state index contributed by atoms with van der Waals surface area (Å²) in [5.74, 6) is 0. The fourth-order valence-electron chi connectivity index (χ4n) is 1.19. The molecule has 1 N–H and O–H groups in total. The van der Waals surface area contributed by atoms with Gasteiger partial charge in [0.2, 0.25) is 0 Å². The molecule has 20 heavy (non-hydrogen) atoms. The van der Waals surface area contributed by atoms with Crippen molar-refractivity contribution in [2.45, 2.75) is 18.0 Å². The van der Waals surface area contributed by atoms with E-state index in [9.17, 15) is 31.7 Å². The van der Waals surface area contributed by atoms with E-state index in [2.05, 4.69) is 4.84 Å². The van der Waals surface area contributed by atoms with Gasteiger partial charge in [0.25, 0.3) is 15.7 Å². The van der Waals surface area contributed by atoms with Crippen LogP contribution in [0.2, 0.25) is 0 Å². The van der Waals surface area contributed by atoms with E-state index < -0.39 is 38.3 Å². The molecule has 0 aliphatic rings. The second-order valence-corrected chi connectivity index (χ2v) is 5.34. The first-order valence-corrected chi connectivity index (χ1v) is 6.46. The van der Waals surface area contributed by atoms with Crippen LogP contribution in [0.15, 0.2) is 23.1 Å². The molecule has 0 unspecified atom stereocenters. The van der Waals surface area contributed by atoms with E-state index in [1.807, 2.05) is 0 Å². The van der Waals surface area contributed by atoms with Crippen molar-refractivity contribution in [3.63, 3.8) is 0 Å². The maximum absolute atomic E-state index is 11.8. The van der Waals surface area contributed by atoms with Gasteiger partial charge in [-0.05, 0) is 13.0 Å². The highest BCUT2D eigenvalue weighted by molar-refractivity contribution is 7.89. The molecule has 0 fully saturated rings. The third-order valence-corrected chi connectivity index (χ3v) is 3.30. The van der Waals surface area contributed by atoms with Crippen molar-refractivity contribution < 1.29 is 31.3 Å². The van der Waals surface area contributed by atoms with Crippen LogP contribution < -0.4 is 4.89 Å². The quantitative estimate of drug-likeness (QED) is 0.658. The Morgan fingerprint density at radius 1 is 1.40 bits per heavy atom. The minimum Gasteiger partial charge on any atom is -0.277 e. The van der Waals surface area contributed by atoms with Gasteiger partial charge in [-0.1, -0.05) is 11.0 Å². The number of nitro benzene ring substituents is 1. The first-order valence-electron chi connectivity index (χ1n) is 4.98. The van der Waals surface area contributed by atoms with Crippen LogP contribution in [0.5, 0.6) is 0 Å². The SMILES string of the molecule is Cc1ccc(S(=O)(=O)NOCC(F)(F)F)cc1[N+](=O)[O-]. The Bertz CT molecular complexity index is 614. The summed E-state index contributed by atoms with van der Waals surface area (Å²) in [7, 11) is -4.43. The number of hydrogen-bond donors (Lipinski definition) is 1. The number of benzene rings is 1. The smallest absolute Gasteiger partial charge is 0.277 e. The standard InChI is InChI=1S/C9H9F3N2O5S/c1-6-2-3-7(4-8(6)14(15)16)20(17,18)13-19-5-9(10,11)12/h2-4,13H,5H2,1H3. The van der Waals surface area contributed by atoms with Crippen molar-refractivity contribution in [3.8, 4) is 0 Å². The number of aryl methyl sites for hydroxylation is 1. The lowest BCUT2D eigenvalue weighted by atomic mass is 10.2. The number of hydrogen-bond acceptors (Lipinski definition) is 5. The molecule has 0 amide bonds. The molecule has 1 rings (SSSR count). The number of nitro groups is 1. The largest absolute Gasteiger partial charge is 0.413 e. The summed E-state index contributed by atoms with van der Waals surface area (Å²) in [5, 5.41) is 10.7. The van der Waals surface area contributed by atoms with E-state index in [-0.39, 0.29) is 5.56 Å². The molecule has 11 heteroatoms. The molecular formula is C9H9F3N2O5S. The van der Waals surface area contributed by atoms with E-state index in [1.54, 1.807) is 0 Å². The lowest BCUT2D eigenvalue weighted by Gasteiger charge is -2.09. The van der Waals surface area contributed by atoms with E-state index in [0.29, 0.717) is 0 Å². The Hall–Kier alpha value is -1.72. The fourth-order valence-corrected chi connectivity index (χ4v) is 2.01. The van der Waals surface area contributed by atoms with Crippen LogP contribution in [0.1, 0.15) is 5.56 Å². The normalized spacial score (nSPS) is 12.4.